The van der Waals surface area contributed by atoms with Crippen LogP contribution in [0.4, 0.5) is 5.82 Å². The molecule has 82 valence electrons. The third-order valence-corrected chi connectivity index (χ3v) is 2.00. The van der Waals surface area contributed by atoms with E-state index in [-0.39, 0.29) is 5.69 Å². The lowest BCUT2D eigenvalue weighted by Gasteiger charge is -2.14. The molecule has 1 aromatic rings. The Morgan fingerprint density at radius 2 is 2.27 bits per heavy atom. The third-order valence-electron chi connectivity index (χ3n) is 1.62. The van der Waals surface area contributed by atoms with Crippen LogP contribution in [0.3, 0.4) is 0 Å². The Balaban J connectivity index is 3.12. The lowest BCUT2D eigenvalue weighted by atomic mass is 10.4. The summed E-state index contributed by atoms with van der Waals surface area (Å²) in [6, 6.07) is 0. The first-order valence-electron chi connectivity index (χ1n) is 4.43. The van der Waals surface area contributed by atoms with Gasteiger partial charge in [-0.2, -0.15) is 0 Å². The van der Waals surface area contributed by atoms with Crippen molar-refractivity contribution in [2.45, 2.75) is 6.92 Å². The molecule has 15 heavy (non-hydrogen) atoms. The van der Waals surface area contributed by atoms with Gasteiger partial charge in [0, 0.05) is 14.1 Å². The number of esters is 1. The van der Waals surface area contributed by atoms with Crippen LogP contribution >= 0.6 is 15.9 Å². The van der Waals surface area contributed by atoms with Crippen molar-refractivity contribution < 1.29 is 9.53 Å². The molecule has 0 fully saturated rings. The van der Waals surface area contributed by atoms with E-state index >= 15 is 0 Å². The Bertz CT molecular complexity index is 368. The molecule has 1 rings (SSSR count). The van der Waals surface area contributed by atoms with Gasteiger partial charge in [-0.15, -0.1) is 0 Å². The summed E-state index contributed by atoms with van der Waals surface area (Å²) in [4.78, 5) is 21.4. The van der Waals surface area contributed by atoms with Gasteiger partial charge in [-0.25, -0.2) is 14.8 Å². The van der Waals surface area contributed by atoms with Crippen LogP contribution in [0.5, 0.6) is 0 Å². The summed E-state index contributed by atoms with van der Waals surface area (Å²) < 4.78 is 5.40. The molecule has 0 saturated carbocycles. The summed E-state index contributed by atoms with van der Waals surface area (Å²) in [6.07, 6.45) is 1.54. The van der Waals surface area contributed by atoms with Crippen molar-refractivity contribution in [1.29, 1.82) is 0 Å². The summed E-state index contributed by atoms with van der Waals surface area (Å²) in [5, 5.41) is 0. The van der Waals surface area contributed by atoms with E-state index in [0.29, 0.717) is 17.0 Å². The van der Waals surface area contributed by atoms with Gasteiger partial charge in [0.1, 0.15) is 4.60 Å². The lowest BCUT2D eigenvalue weighted by Crippen LogP contribution is -2.18. The quantitative estimate of drug-likeness (QED) is 0.781. The van der Waals surface area contributed by atoms with Crippen LogP contribution in [-0.4, -0.2) is 36.6 Å². The van der Waals surface area contributed by atoms with Crippen LogP contribution in [0.25, 0.3) is 0 Å². The van der Waals surface area contributed by atoms with Gasteiger partial charge in [0.2, 0.25) is 0 Å². The fourth-order valence-corrected chi connectivity index (χ4v) is 1.30. The van der Waals surface area contributed by atoms with Crippen LogP contribution in [-0.2, 0) is 4.74 Å². The summed E-state index contributed by atoms with van der Waals surface area (Å²) in [6.45, 7) is 2.07. The number of ether oxygens (including phenoxy) is 1. The van der Waals surface area contributed by atoms with Gasteiger partial charge < -0.3 is 9.64 Å². The van der Waals surface area contributed by atoms with Crippen molar-refractivity contribution in [2.24, 2.45) is 0 Å². The van der Waals surface area contributed by atoms with Crippen molar-refractivity contribution in [2.75, 3.05) is 25.6 Å². The Morgan fingerprint density at radius 3 is 2.80 bits per heavy atom. The van der Waals surface area contributed by atoms with E-state index in [1.54, 1.807) is 25.9 Å². The van der Waals surface area contributed by atoms with Gasteiger partial charge in [0.05, 0.1) is 12.8 Å². The standard InChI is InChI=1S/C9H12BrN3O2/c1-4-15-9(14)7-8(13(2)3)11-5-6(10)12-7/h5H,4H2,1-3H3. The molecule has 0 unspecified atom stereocenters. The molecule has 0 aliphatic rings. The minimum absolute atomic E-state index is 0.219. The molecule has 0 aliphatic carbocycles. The van der Waals surface area contributed by atoms with Gasteiger partial charge in [-0.05, 0) is 22.9 Å². The second-order valence-electron chi connectivity index (χ2n) is 2.98. The lowest BCUT2D eigenvalue weighted by molar-refractivity contribution is 0.0519. The molecule has 0 bridgehead atoms. The molecule has 0 N–H and O–H groups in total. The maximum atomic E-state index is 11.5. The van der Waals surface area contributed by atoms with E-state index in [0.717, 1.165) is 0 Å². The minimum Gasteiger partial charge on any atom is -0.461 e. The fourth-order valence-electron chi connectivity index (χ4n) is 1.02. The number of anilines is 1. The van der Waals surface area contributed by atoms with E-state index in [4.69, 9.17) is 4.74 Å². The summed E-state index contributed by atoms with van der Waals surface area (Å²) in [5.74, 6) is 0.0339. The van der Waals surface area contributed by atoms with Gasteiger partial charge >= 0.3 is 5.97 Å². The van der Waals surface area contributed by atoms with Crippen molar-refractivity contribution in [3.8, 4) is 0 Å². The third kappa shape index (κ3) is 2.89. The predicted octanol–water partition coefficient (Wildman–Crippen LogP) is 1.48. The van der Waals surface area contributed by atoms with Crippen LogP contribution in [0.2, 0.25) is 0 Å². The predicted molar refractivity (Wildman–Crippen MR) is 60.0 cm³/mol. The largest absolute Gasteiger partial charge is 0.461 e. The molecule has 0 spiro atoms. The smallest absolute Gasteiger partial charge is 0.360 e. The zero-order valence-corrected chi connectivity index (χ0v) is 10.4. The van der Waals surface area contributed by atoms with E-state index in [9.17, 15) is 4.79 Å². The number of nitrogens with zero attached hydrogens (tertiary/aromatic N) is 3. The van der Waals surface area contributed by atoms with Gasteiger partial charge in [-0.1, -0.05) is 0 Å². The molecule has 0 amide bonds. The maximum Gasteiger partial charge on any atom is 0.360 e. The topological polar surface area (TPSA) is 55.3 Å². The Kier molecular flexibility index (Phi) is 4.02. The average molecular weight is 274 g/mol. The first-order chi connectivity index (χ1) is 7.06. The van der Waals surface area contributed by atoms with Gasteiger partial charge in [0.25, 0.3) is 0 Å². The van der Waals surface area contributed by atoms with Gasteiger partial charge in [-0.3, -0.25) is 0 Å². The highest BCUT2D eigenvalue weighted by Crippen LogP contribution is 2.16. The molecule has 0 radical (unpaired) electrons. The number of carbonyl (C=O) groups is 1. The Hall–Kier alpha value is -1.17. The number of hydrogen-bond donors (Lipinski definition) is 0. The van der Waals surface area contributed by atoms with Crippen molar-refractivity contribution in [1.82, 2.24) is 9.97 Å². The highest BCUT2D eigenvalue weighted by molar-refractivity contribution is 9.10. The zero-order valence-electron chi connectivity index (χ0n) is 8.82. The number of carbonyl (C=O) groups excluding carboxylic acids is 1. The number of aromatic nitrogens is 2. The summed E-state index contributed by atoms with van der Waals surface area (Å²) in [7, 11) is 3.58. The van der Waals surface area contributed by atoms with E-state index < -0.39 is 5.97 Å². The molecule has 5 nitrogen and oxygen atoms in total. The van der Waals surface area contributed by atoms with E-state index in [2.05, 4.69) is 25.9 Å². The summed E-state index contributed by atoms with van der Waals surface area (Å²) in [5.41, 5.74) is 0.219. The second-order valence-corrected chi connectivity index (χ2v) is 3.79. The molecule has 1 aromatic heterocycles. The Morgan fingerprint density at radius 1 is 1.60 bits per heavy atom. The van der Waals surface area contributed by atoms with Crippen molar-refractivity contribution in [3.63, 3.8) is 0 Å². The second kappa shape index (κ2) is 5.06. The average Bonchev–Trinajstić information content (AvgIpc) is 2.17. The Labute approximate surface area is 96.6 Å². The molecule has 0 aromatic carbocycles. The van der Waals surface area contributed by atoms with Crippen LogP contribution < -0.4 is 4.90 Å². The molecule has 0 saturated heterocycles. The highest BCUT2D eigenvalue weighted by Gasteiger charge is 2.17. The highest BCUT2D eigenvalue weighted by atomic mass is 79.9. The van der Waals surface area contributed by atoms with E-state index in [1.807, 2.05) is 0 Å². The molecular weight excluding hydrogens is 262 g/mol. The SMILES string of the molecule is CCOC(=O)c1nc(Br)cnc1N(C)C. The monoisotopic (exact) mass is 273 g/mol. The molecule has 0 atom stereocenters. The molecule has 6 heteroatoms. The summed E-state index contributed by atoms with van der Waals surface area (Å²) >= 11 is 3.16. The van der Waals surface area contributed by atoms with Crippen LogP contribution in [0.15, 0.2) is 10.8 Å². The normalized spacial score (nSPS) is 9.87. The first-order valence-corrected chi connectivity index (χ1v) is 5.22. The first kappa shape index (κ1) is 11.9. The van der Waals surface area contributed by atoms with Crippen molar-refractivity contribution >= 4 is 27.7 Å². The number of rotatable bonds is 3. The van der Waals surface area contributed by atoms with E-state index in [1.165, 1.54) is 6.20 Å². The molecular formula is C9H12BrN3O2. The zero-order chi connectivity index (χ0) is 11.4. The number of halogens is 1. The molecule has 0 aliphatic heterocycles. The van der Waals surface area contributed by atoms with Crippen LogP contribution in [0, 0.1) is 0 Å². The van der Waals surface area contributed by atoms with Gasteiger partial charge in [0.15, 0.2) is 11.5 Å². The molecule has 1 heterocycles. The van der Waals surface area contributed by atoms with Crippen LogP contribution in [0.1, 0.15) is 17.4 Å². The van der Waals surface area contributed by atoms with Crippen molar-refractivity contribution in [3.05, 3.63) is 16.5 Å². The minimum atomic E-state index is -0.463. The number of hydrogen-bond acceptors (Lipinski definition) is 5. The fraction of sp³-hybridized carbons (Fsp3) is 0.444. The maximum absolute atomic E-state index is 11.5.